The van der Waals surface area contributed by atoms with Gasteiger partial charge in [0.05, 0.1) is 6.54 Å². The van der Waals surface area contributed by atoms with Crippen LogP contribution in [0.15, 0.2) is 29.3 Å². The molecule has 1 aliphatic heterocycles. The zero-order chi connectivity index (χ0) is 16.2. The predicted octanol–water partition coefficient (Wildman–Crippen LogP) is 1.74. The summed E-state index contributed by atoms with van der Waals surface area (Å²) in [5.41, 5.74) is 2.55. The maximum atomic E-state index is 4.37. The topological polar surface area (TPSA) is 58.3 Å². The number of hydrogen-bond donors (Lipinski definition) is 1. The number of nitrogens with zero attached hydrogens (tertiary/aromatic N) is 5. The van der Waals surface area contributed by atoms with Gasteiger partial charge < -0.3 is 14.8 Å². The van der Waals surface area contributed by atoms with Crippen molar-refractivity contribution in [1.29, 1.82) is 0 Å². The molecule has 2 heterocycles. The summed E-state index contributed by atoms with van der Waals surface area (Å²) in [5.74, 6) is 2.95. The van der Waals surface area contributed by atoms with Crippen molar-refractivity contribution in [2.24, 2.45) is 4.99 Å². The number of fused-ring (bicyclic) bond motifs is 1. The Kier molecular flexibility index (Phi) is 4.60. The van der Waals surface area contributed by atoms with Gasteiger partial charge in [-0.3, -0.25) is 4.99 Å². The van der Waals surface area contributed by atoms with Crippen molar-refractivity contribution in [3.8, 4) is 0 Å². The lowest BCUT2D eigenvalue weighted by Crippen LogP contribution is -2.38. The van der Waals surface area contributed by atoms with Crippen LogP contribution < -0.4 is 5.32 Å². The summed E-state index contributed by atoms with van der Waals surface area (Å²) >= 11 is 0. The van der Waals surface area contributed by atoms with Crippen LogP contribution >= 0.6 is 0 Å². The van der Waals surface area contributed by atoms with Gasteiger partial charge in [0, 0.05) is 33.6 Å². The number of nitrogens with one attached hydrogen (secondary N) is 1. The highest BCUT2D eigenvalue weighted by molar-refractivity contribution is 5.79. The second kappa shape index (κ2) is 6.81. The minimum atomic E-state index is 0.651. The van der Waals surface area contributed by atoms with Gasteiger partial charge in [-0.05, 0) is 18.9 Å². The minimum absolute atomic E-state index is 0.651. The molecule has 23 heavy (non-hydrogen) atoms. The highest BCUT2D eigenvalue weighted by Crippen LogP contribution is 2.13. The second-order valence-electron chi connectivity index (χ2n) is 6.03. The average Bonchev–Trinajstić information content (AvgIpc) is 3.14. The summed E-state index contributed by atoms with van der Waals surface area (Å²) in [7, 11) is 3.85. The quantitative estimate of drug-likeness (QED) is 0.690. The number of hydrogen-bond acceptors (Lipinski definition) is 3. The summed E-state index contributed by atoms with van der Waals surface area (Å²) in [6.45, 7) is 4.60. The number of aryl methyl sites for hydroxylation is 2. The van der Waals surface area contributed by atoms with Gasteiger partial charge in [-0.2, -0.15) is 0 Å². The van der Waals surface area contributed by atoms with Gasteiger partial charge in [-0.15, -0.1) is 10.2 Å². The molecule has 0 fully saturated rings. The average molecular weight is 312 g/mol. The highest BCUT2D eigenvalue weighted by atomic mass is 15.3. The molecule has 0 atom stereocenters. The molecule has 2 aromatic rings. The van der Waals surface area contributed by atoms with Gasteiger partial charge in [-0.25, -0.2) is 0 Å². The van der Waals surface area contributed by atoms with Crippen LogP contribution in [0.4, 0.5) is 0 Å². The number of aromatic nitrogens is 3. The third-order valence-electron chi connectivity index (χ3n) is 4.20. The standard InChI is InChI=1S/C17H24N6/c1-13-6-8-14(9-7-13)12-22(3)17(18-2)19-11-16-21-20-15-5-4-10-23(15)16/h6-9H,4-5,10-12H2,1-3H3,(H,18,19). The third-order valence-corrected chi connectivity index (χ3v) is 4.20. The first kappa shape index (κ1) is 15.5. The largest absolute Gasteiger partial charge is 0.349 e. The SMILES string of the molecule is CN=C(NCc1nnc2n1CCC2)N(C)Cc1ccc(C)cc1. The lowest BCUT2D eigenvalue weighted by molar-refractivity contribution is 0.474. The molecule has 0 saturated carbocycles. The number of guanidine groups is 1. The third kappa shape index (κ3) is 3.52. The first-order chi connectivity index (χ1) is 11.2. The van der Waals surface area contributed by atoms with Crippen LogP contribution in [0.2, 0.25) is 0 Å². The first-order valence-corrected chi connectivity index (χ1v) is 8.05. The molecular formula is C17H24N6. The molecule has 122 valence electrons. The van der Waals surface area contributed by atoms with E-state index in [9.17, 15) is 0 Å². The molecule has 6 nitrogen and oxygen atoms in total. The van der Waals surface area contributed by atoms with E-state index in [1.54, 1.807) is 0 Å². The van der Waals surface area contributed by atoms with Gasteiger partial charge in [-0.1, -0.05) is 29.8 Å². The monoisotopic (exact) mass is 312 g/mol. The summed E-state index contributed by atoms with van der Waals surface area (Å²) < 4.78 is 2.21. The molecule has 0 unspecified atom stereocenters. The summed E-state index contributed by atoms with van der Waals surface area (Å²) in [6, 6.07) is 8.59. The number of rotatable bonds is 4. The molecule has 6 heteroatoms. The lowest BCUT2D eigenvalue weighted by atomic mass is 10.1. The Hall–Kier alpha value is -2.37. The molecule has 3 rings (SSSR count). The molecular weight excluding hydrogens is 288 g/mol. The summed E-state index contributed by atoms with van der Waals surface area (Å²) in [6.07, 6.45) is 2.20. The number of benzene rings is 1. The van der Waals surface area contributed by atoms with E-state index >= 15 is 0 Å². The molecule has 1 aliphatic rings. The summed E-state index contributed by atoms with van der Waals surface area (Å²) in [5, 5.41) is 11.9. The Morgan fingerprint density at radius 2 is 2.09 bits per heavy atom. The van der Waals surface area contributed by atoms with E-state index in [4.69, 9.17) is 0 Å². The number of aliphatic imine (C=N–C) groups is 1. The molecule has 0 amide bonds. The molecule has 1 N–H and O–H groups in total. The van der Waals surface area contributed by atoms with Crippen LogP contribution in [0.3, 0.4) is 0 Å². The molecule has 0 bridgehead atoms. The van der Waals surface area contributed by atoms with Crippen LogP contribution in [0.25, 0.3) is 0 Å². The van der Waals surface area contributed by atoms with Crippen molar-refractivity contribution in [2.75, 3.05) is 14.1 Å². The van der Waals surface area contributed by atoms with E-state index in [0.717, 1.165) is 37.1 Å². The van der Waals surface area contributed by atoms with Crippen LogP contribution in [0, 0.1) is 6.92 Å². The maximum Gasteiger partial charge on any atom is 0.194 e. The molecule has 0 spiro atoms. The van der Waals surface area contributed by atoms with Crippen LogP contribution in [-0.4, -0.2) is 39.7 Å². The van der Waals surface area contributed by atoms with Crippen LogP contribution in [0.1, 0.15) is 29.2 Å². The van der Waals surface area contributed by atoms with Gasteiger partial charge in [0.15, 0.2) is 11.8 Å². The normalized spacial score (nSPS) is 14.0. The van der Waals surface area contributed by atoms with E-state index in [1.165, 1.54) is 17.5 Å². The summed E-state index contributed by atoms with van der Waals surface area (Å²) in [4.78, 5) is 6.49. The van der Waals surface area contributed by atoms with Crippen molar-refractivity contribution < 1.29 is 0 Å². The molecule has 1 aromatic heterocycles. The van der Waals surface area contributed by atoms with Gasteiger partial charge in [0.1, 0.15) is 5.82 Å². The molecule has 0 saturated heterocycles. The van der Waals surface area contributed by atoms with Crippen molar-refractivity contribution in [3.63, 3.8) is 0 Å². The Morgan fingerprint density at radius 1 is 1.30 bits per heavy atom. The Morgan fingerprint density at radius 3 is 2.83 bits per heavy atom. The first-order valence-electron chi connectivity index (χ1n) is 8.05. The van der Waals surface area contributed by atoms with Crippen LogP contribution in [-0.2, 0) is 26.1 Å². The van der Waals surface area contributed by atoms with E-state index in [0.29, 0.717) is 6.54 Å². The molecule has 1 aromatic carbocycles. The van der Waals surface area contributed by atoms with E-state index in [1.807, 2.05) is 14.1 Å². The van der Waals surface area contributed by atoms with E-state index in [-0.39, 0.29) is 0 Å². The molecule has 0 aliphatic carbocycles. The van der Waals surface area contributed by atoms with Gasteiger partial charge in [0.2, 0.25) is 0 Å². The lowest BCUT2D eigenvalue weighted by Gasteiger charge is -2.22. The highest BCUT2D eigenvalue weighted by Gasteiger charge is 2.17. The second-order valence-corrected chi connectivity index (χ2v) is 6.03. The maximum absolute atomic E-state index is 4.37. The zero-order valence-electron chi connectivity index (χ0n) is 14.1. The van der Waals surface area contributed by atoms with Crippen molar-refractivity contribution in [3.05, 3.63) is 47.0 Å². The Bertz CT molecular complexity index is 686. The van der Waals surface area contributed by atoms with Crippen molar-refractivity contribution in [2.45, 2.75) is 39.4 Å². The minimum Gasteiger partial charge on any atom is -0.349 e. The predicted molar refractivity (Wildman–Crippen MR) is 91.2 cm³/mol. The smallest absolute Gasteiger partial charge is 0.194 e. The van der Waals surface area contributed by atoms with Gasteiger partial charge >= 0.3 is 0 Å². The van der Waals surface area contributed by atoms with Crippen molar-refractivity contribution >= 4 is 5.96 Å². The van der Waals surface area contributed by atoms with Gasteiger partial charge in [0.25, 0.3) is 0 Å². The zero-order valence-corrected chi connectivity index (χ0v) is 14.1. The van der Waals surface area contributed by atoms with Crippen LogP contribution in [0.5, 0.6) is 0 Å². The Labute approximate surface area is 137 Å². The van der Waals surface area contributed by atoms with E-state index < -0.39 is 0 Å². The fraction of sp³-hybridized carbons (Fsp3) is 0.471. The van der Waals surface area contributed by atoms with E-state index in [2.05, 4.69) is 61.2 Å². The Balaban J connectivity index is 1.59. The molecule has 0 radical (unpaired) electrons. The fourth-order valence-corrected chi connectivity index (χ4v) is 2.93. The fourth-order valence-electron chi connectivity index (χ4n) is 2.93. The van der Waals surface area contributed by atoms with Crippen molar-refractivity contribution in [1.82, 2.24) is 25.0 Å².